The van der Waals surface area contributed by atoms with Crippen LogP contribution in [0.15, 0.2) is 30.5 Å². The second-order valence-electron chi connectivity index (χ2n) is 3.86. The summed E-state index contributed by atoms with van der Waals surface area (Å²) in [6.45, 7) is -0.208. The fourth-order valence-corrected chi connectivity index (χ4v) is 1.74. The van der Waals surface area contributed by atoms with E-state index in [1.165, 1.54) is 13.3 Å². The number of esters is 1. The number of nitrogens with two attached hydrogens (primary N) is 1. The molecule has 98 valence electrons. The Kier molecular flexibility index (Phi) is 3.61. The number of hydrogen-bond acceptors (Lipinski definition) is 5. The Morgan fingerprint density at radius 2 is 2.16 bits per heavy atom. The highest BCUT2D eigenvalue weighted by Gasteiger charge is 2.14. The molecule has 0 spiro atoms. The number of fused-ring (bicyclic) bond motifs is 1. The fourth-order valence-electron chi connectivity index (χ4n) is 1.74. The van der Waals surface area contributed by atoms with Crippen LogP contribution < -0.4 is 11.1 Å². The molecule has 1 heterocycles. The highest BCUT2D eigenvalue weighted by molar-refractivity contribution is 6.09. The maximum atomic E-state index is 12.0. The van der Waals surface area contributed by atoms with Crippen LogP contribution in [0.3, 0.4) is 0 Å². The van der Waals surface area contributed by atoms with Crippen LogP contribution in [0.5, 0.6) is 0 Å². The third-order valence-corrected chi connectivity index (χ3v) is 2.66. The van der Waals surface area contributed by atoms with Crippen molar-refractivity contribution in [1.82, 2.24) is 10.3 Å². The standard InChI is InChI=1S/C13H13N3O3/c1-19-10(17)7-16-13(18)12-11-8(5-6-15-12)3-2-4-9(11)14/h2-6H,7,14H2,1H3,(H,16,18). The van der Waals surface area contributed by atoms with Crippen LogP contribution in [0, 0.1) is 0 Å². The Balaban J connectivity index is 2.34. The van der Waals surface area contributed by atoms with E-state index in [4.69, 9.17) is 5.73 Å². The quantitative estimate of drug-likeness (QED) is 0.625. The van der Waals surface area contributed by atoms with Crippen molar-refractivity contribution in [2.45, 2.75) is 0 Å². The van der Waals surface area contributed by atoms with Gasteiger partial charge in [0.25, 0.3) is 5.91 Å². The lowest BCUT2D eigenvalue weighted by Gasteiger charge is -2.08. The summed E-state index contributed by atoms with van der Waals surface area (Å²) in [7, 11) is 1.25. The minimum absolute atomic E-state index is 0.194. The van der Waals surface area contributed by atoms with Gasteiger partial charge in [0, 0.05) is 17.3 Å². The molecule has 6 heteroatoms. The number of anilines is 1. The second-order valence-corrected chi connectivity index (χ2v) is 3.86. The van der Waals surface area contributed by atoms with Gasteiger partial charge in [0.2, 0.25) is 0 Å². The number of hydrogen-bond donors (Lipinski definition) is 2. The van der Waals surface area contributed by atoms with Gasteiger partial charge >= 0.3 is 5.97 Å². The number of pyridine rings is 1. The Labute approximate surface area is 109 Å². The van der Waals surface area contributed by atoms with E-state index in [0.717, 1.165) is 5.39 Å². The van der Waals surface area contributed by atoms with Gasteiger partial charge in [-0.05, 0) is 17.5 Å². The van der Waals surface area contributed by atoms with E-state index in [2.05, 4.69) is 15.0 Å². The maximum Gasteiger partial charge on any atom is 0.325 e. The molecule has 0 aliphatic heterocycles. The molecule has 6 nitrogen and oxygen atoms in total. The first-order valence-corrected chi connectivity index (χ1v) is 5.61. The number of aromatic nitrogens is 1. The molecular weight excluding hydrogens is 246 g/mol. The molecule has 0 bridgehead atoms. The number of ether oxygens (including phenoxy) is 1. The molecule has 0 aliphatic carbocycles. The van der Waals surface area contributed by atoms with Crippen molar-refractivity contribution < 1.29 is 14.3 Å². The third kappa shape index (κ3) is 2.62. The predicted octanol–water partition coefficient (Wildman–Crippen LogP) is 0.720. The van der Waals surface area contributed by atoms with Crippen LogP contribution >= 0.6 is 0 Å². The largest absolute Gasteiger partial charge is 0.468 e. The van der Waals surface area contributed by atoms with E-state index in [0.29, 0.717) is 11.1 Å². The molecule has 0 fully saturated rings. The van der Waals surface area contributed by atoms with E-state index in [9.17, 15) is 9.59 Å². The van der Waals surface area contributed by atoms with Crippen LogP contribution in [0.1, 0.15) is 10.5 Å². The number of carbonyl (C=O) groups is 2. The first-order chi connectivity index (χ1) is 9.13. The van der Waals surface area contributed by atoms with E-state index >= 15 is 0 Å². The summed E-state index contributed by atoms with van der Waals surface area (Å²) in [6, 6.07) is 7.10. The number of carbonyl (C=O) groups excluding carboxylic acids is 2. The molecular formula is C13H13N3O3. The molecule has 0 radical (unpaired) electrons. The van der Waals surface area contributed by atoms with E-state index < -0.39 is 11.9 Å². The van der Waals surface area contributed by atoms with Gasteiger partial charge in [-0.2, -0.15) is 0 Å². The van der Waals surface area contributed by atoms with Gasteiger partial charge in [0.05, 0.1) is 7.11 Å². The summed E-state index contributed by atoms with van der Waals surface area (Å²) in [5.41, 5.74) is 6.53. The molecule has 3 N–H and O–H groups in total. The van der Waals surface area contributed by atoms with Gasteiger partial charge in [-0.1, -0.05) is 12.1 Å². The van der Waals surface area contributed by atoms with E-state index in [-0.39, 0.29) is 12.2 Å². The Bertz CT molecular complexity index is 635. The van der Waals surface area contributed by atoms with Gasteiger partial charge in [-0.25, -0.2) is 0 Å². The van der Waals surface area contributed by atoms with Crippen molar-refractivity contribution in [2.75, 3.05) is 19.4 Å². The van der Waals surface area contributed by atoms with Crippen LogP contribution in [0.25, 0.3) is 10.8 Å². The first-order valence-electron chi connectivity index (χ1n) is 5.61. The second kappa shape index (κ2) is 5.34. The number of benzene rings is 1. The summed E-state index contributed by atoms with van der Waals surface area (Å²) in [6.07, 6.45) is 1.52. The number of methoxy groups -OCH3 is 1. The fraction of sp³-hybridized carbons (Fsp3) is 0.154. The third-order valence-electron chi connectivity index (χ3n) is 2.66. The minimum atomic E-state index is -0.526. The van der Waals surface area contributed by atoms with Crippen LogP contribution in [-0.4, -0.2) is 30.5 Å². The van der Waals surface area contributed by atoms with E-state index in [1.54, 1.807) is 18.2 Å². The molecule has 2 aromatic rings. The molecule has 1 amide bonds. The lowest BCUT2D eigenvalue weighted by molar-refractivity contribution is -0.139. The van der Waals surface area contributed by atoms with Crippen molar-refractivity contribution in [3.8, 4) is 0 Å². The average molecular weight is 259 g/mol. The summed E-state index contributed by atoms with van der Waals surface area (Å²) in [5.74, 6) is -0.990. The summed E-state index contributed by atoms with van der Waals surface area (Å²) < 4.78 is 4.45. The van der Waals surface area contributed by atoms with Gasteiger partial charge in [-0.3, -0.25) is 14.6 Å². The van der Waals surface area contributed by atoms with Crippen LogP contribution in [0.4, 0.5) is 5.69 Å². The number of amides is 1. The van der Waals surface area contributed by atoms with Crippen molar-refractivity contribution in [1.29, 1.82) is 0 Å². The van der Waals surface area contributed by atoms with Gasteiger partial charge < -0.3 is 15.8 Å². The molecule has 0 atom stereocenters. The lowest BCUT2D eigenvalue weighted by atomic mass is 10.1. The zero-order valence-electron chi connectivity index (χ0n) is 10.3. The van der Waals surface area contributed by atoms with Crippen molar-refractivity contribution in [2.24, 2.45) is 0 Å². The molecule has 0 aliphatic rings. The van der Waals surface area contributed by atoms with Crippen molar-refractivity contribution >= 4 is 28.3 Å². The smallest absolute Gasteiger partial charge is 0.325 e. The Morgan fingerprint density at radius 3 is 2.89 bits per heavy atom. The highest BCUT2D eigenvalue weighted by Crippen LogP contribution is 2.23. The molecule has 1 aromatic heterocycles. The minimum Gasteiger partial charge on any atom is -0.468 e. The predicted molar refractivity (Wildman–Crippen MR) is 70.5 cm³/mol. The molecule has 1 aromatic carbocycles. The van der Waals surface area contributed by atoms with Crippen molar-refractivity contribution in [3.05, 3.63) is 36.2 Å². The van der Waals surface area contributed by atoms with Gasteiger partial charge in [0.15, 0.2) is 0 Å². The van der Waals surface area contributed by atoms with E-state index in [1.807, 2.05) is 6.07 Å². The zero-order valence-corrected chi connectivity index (χ0v) is 10.3. The number of nitrogens with zero attached hydrogens (tertiary/aromatic N) is 1. The van der Waals surface area contributed by atoms with Gasteiger partial charge in [0.1, 0.15) is 12.2 Å². The normalized spacial score (nSPS) is 10.2. The Morgan fingerprint density at radius 1 is 1.37 bits per heavy atom. The maximum absolute atomic E-state index is 12.0. The van der Waals surface area contributed by atoms with Crippen LogP contribution in [-0.2, 0) is 9.53 Å². The lowest BCUT2D eigenvalue weighted by Crippen LogP contribution is -2.30. The Hall–Kier alpha value is -2.63. The summed E-state index contributed by atoms with van der Waals surface area (Å²) >= 11 is 0. The molecule has 0 saturated carbocycles. The monoisotopic (exact) mass is 259 g/mol. The molecule has 19 heavy (non-hydrogen) atoms. The molecule has 0 unspecified atom stereocenters. The SMILES string of the molecule is COC(=O)CNC(=O)c1nccc2cccc(N)c12. The topological polar surface area (TPSA) is 94.3 Å². The number of rotatable bonds is 3. The zero-order chi connectivity index (χ0) is 13.8. The number of nitrogen functional groups attached to an aromatic ring is 1. The van der Waals surface area contributed by atoms with Crippen LogP contribution in [0.2, 0.25) is 0 Å². The van der Waals surface area contributed by atoms with Gasteiger partial charge in [-0.15, -0.1) is 0 Å². The summed E-state index contributed by atoms with van der Waals surface area (Å²) in [4.78, 5) is 27.0. The number of nitrogens with one attached hydrogen (secondary N) is 1. The molecule has 0 saturated heterocycles. The highest BCUT2D eigenvalue weighted by atomic mass is 16.5. The average Bonchev–Trinajstić information content (AvgIpc) is 2.44. The van der Waals surface area contributed by atoms with Crippen molar-refractivity contribution in [3.63, 3.8) is 0 Å². The first kappa shape index (κ1) is 12.8. The summed E-state index contributed by atoms with van der Waals surface area (Å²) in [5, 5.41) is 3.83. The molecule has 2 rings (SSSR count).